The summed E-state index contributed by atoms with van der Waals surface area (Å²) in [5.74, 6) is -0.0280. The smallest absolute Gasteiger partial charge is 0.238 e. The van der Waals surface area contributed by atoms with Gasteiger partial charge in [0.1, 0.15) is 0 Å². The van der Waals surface area contributed by atoms with E-state index in [1.807, 2.05) is 48.5 Å². The lowest BCUT2D eigenvalue weighted by molar-refractivity contribution is -0.118. The molecule has 5 aromatic rings. The first-order valence-corrected chi connectivity index (χ1v) is 15.8. The Balaban J connectivity index is 0.943. The zero-order chi connectivity index (χ0) is 30.6. The third-order valence-corrected chi connectivity index (χ3v) is 8.89. The predicted molar refractivity (Wildman–Crippen MR) is 183 cm³/mol. The summed E-state index contributed by atoms with van der Waals surface area (Å²) in [5.41, 5.74) is 5.96. The molecule has 0 atom stereocenters. The van der Waals surface area contributed by atoms with Gasteiger partial charge in [-0.1, -0.05) is 36.4 Å². The summed E-state index contributed by atoms with van der Waals surface area (Å²) in [6.45, 7) is 7.75. The normalized spacial score (nSPS) is 16.3. The number of carbonyl (C=O) groups is 2. The molecule has 0 bridgehead atoms. The number of hydrogen-bond donors (Lipinski definition) is 3. The fourth-order valence-electron chi connectivity index (χ4n) is 6.47. The van der Waals surface area contributed by atoms with Gasteiger partial charge in [-0.2, -0.15) is 0 Å². The van der Waals surface area contributed by atoms with Crippen LogP contribution in [0.1, 0.15) is 0 Å². The summed E-state index contributed by atoms with van der Waals surface area (Å²) in [6.07, 6.45) is 0. The number of hydrogen-bond acceptors (Lipinski definition) is 6. The number of para-hydroxylation sites is 2. The van der Waals surface area contributed by atoms with Crippen molar-refractivity contribution in [2.75, 3.05) is 85.9 Å². The maximum absolute atomic E-state index is 13.0. The summed E-state index contributed by atoms with van der Waals surface area (Å²) in [6, 6.07) is 32.7. The van der Waals surface area contributed by atoms with Crippen molar-refractivity contribution >= 4 is 56.4 Å². The van der Waals surface area contributed by atoms with Crippen LogP contribution in [0.2, 0.25) is 0 Å². The van der Waals surface area contributed by atoms with Crippen molar-refractivity contribution in [3.63, 3.8) is 0 Å². The summed E-state index contributed by atoms with van der Waals surface area (Å²) in [7, 11) is 0. The van der Waals surface area contributed by atoms with Gasteiger partial charge < -0.3 is 25.4 Å². The van der Waals surface area contributed by atoms with Crippen molar-refractivity contribution in [3.05, 3.63) is 97.1 Å². The van der Waals surface area contributed by atoms with E-state index < -0.39 is 0 Å². The average Bonchev–Trinajstić information content (AvgIpc) is 3.43. The molecule has 7 rings (SSSR count). The number of aromatic nitrogens is 1. The highest BCUT2D eigenvalue weighted by atomic mass is 16.2. The molecule has 9 heteroatoms. The highest BCUT2D eigenvalue weighted by Crippen LogP contribution is 2.30. The highest BCUT2D eigenvalue weighted by molar-refractivity contribution is 6.10. The fraction of sp³-hybridized carbons (Fsp3) is 0.278. The quantitative estimate of drug-likeness (QED) is 0.236. The first-order valence-electron chi connectivity index (χ1n) is 15.8. The zero-order valence-corrected chi connectivity index (χ0v) is 25.4. The van der Waals surface area contributed by atoms with Crippen LogP contribution in [0.4, 0.5) is 22.7 Å². The number of piperazine rings is 2. The van der Waals surface area contributed by atoms with Crippen LogP contribution in [0.15, 0.2) is 97.1 Å². The van der Waals surface area contributed by atoms with Crippen LogP contribution in [0, 0.1) is 0 Å². The van der Waals surface area contributed by atoms with E-state index >= 15 is 0 Å². The number of amides is 2. The number of benzene rings is 4. The molecule has 2 aliphatic rings. The standard InChI is InChI=1S/C36H39N7O2/c44-35(25-40-15-19-42(20-16-40)29-7-3-1-4-8-29)37-27-11-13-33-31(23-27)32-24-28(12-14-34(32)39-33)38-36(45)26-41-17-21-43(22-18-41)30-9-5-2-6-10-30/h1-14,23-24,39H,15-22,25-26H2,(H,37,44)(H,38,45). The number of carbonyl (C=O) groups excluding carboxylic acids is 2. The molecule has 0 unspecified atom stereocenters. The topological polar surface area (TPSA) is 86.9 Å². The van der Waals surface area contributed by atoms with Crippen LogP contribution in [0.5, 0.6) is 0 Å². The van der Waals surface area contributed by atoms with E-state index in [1.54, 1.807) is 0 Å². The zero-order valence-electron chi connectivity index (χ0n) is 25.4. The first kappa shape index (κ1) is 28.9. The maximum atomic E-state index is 13.0. The van der Waals surface area contributed by atoms with E-state index in [4.69, 9.17) is 0 Å². The number of anilines is 4. The van der Waals surface area contributed by atoms with Gasteiger partial charge in [0, 0.05) is 96.9 Å². The van der Waals surface area contributed by atoms with E-state index in [2.05, 4.69) is 83.7 Å². The summed E-state index contributed by atoms with van der Waals surface area (Å²) in [5, 5.41) is 8.21. The third kappa shape index (κ3) is 6.79. The molecule has 230 valence electrons. The molecule has 2 fully saturated rings. The van der Waals surface area contributed by atoms with Crippen LogP contribution in [-0.2, 0) is 9.59 Å². The van der Waals surface area contributed by atoms with Gasteiger partial charge in [-0.05, 0) is 60.7 Å². The molecule has 0 aliphatic carbocycles. The van der Waals surface area contributed by atoms with Gasteiger partial charge in [-0.3, -0.25) is 19.4 Å². The second kappa shape index (κ2) is 13.0. The van der Waals surface area contributed by atoms with Crippen molar-refractivity contribution in [2.45, 2.75) is 0 Å². The van der Waals surface area contributed by atoms with E-state index in [0.29, 0.717) is 13.1 Å². The first-order chi connectivity index (χ1) is 22.1. The molecule has 4 aromatic carbocycles. The summed E-state index contributed by atoms with van der Waals surface area (Å²) >= 11 is 0. The highest BCUT2D eigenvalue weighted by Gasteiger charge is 2.21. The molecular weight excluding hydrogens is 562 g/mol. The Hall–Kier alpha value is -4.86. The van der Waals surface area contributed by atoms with Gasteiger partial charge in [0.05, 0.1) is 13.1 Å². The SMILES string of the molecule is O=C(CN1CCN(c2ccccc2)CC1)Nc1ccc2[nH]c3ccc(NC(=O)CN4CCN(c5ccccc5)CC4)cc3c2c1. The second-order valence-corrected chi connectivity index (χ2v) is 11.9. The van der Waals surface area contributed by atoms with Crippen molar-refractivity contribution in [3.8, 4) is 0 Å². The number of nitrogens with one attached hydrogen (secondary N) is 3. The Morgan fingerprint density at radius 3 is 1.33 bits per heavy atom. The number of H-pyrrole nitrogens is 1. The van der Waals surface area contributed by atoms with Crippen molar-refractivity contribution < 1.29 is 9.59 Å². The lowest BCUT2D eigenvalue weighted by atomic mass is 10.1. The lowest BCUT2D eigenvalue weighted by Gasteiger charge is -2.35. The van der Waals surface area contributed by atoms with Crippen molar-refractivity contribution in [1.82, 2.24) is 14.8 Å². The molecule has 3 heterocycles. The predicted octanol–water partition coefficient (Wildman–Crippen LogP) is 4.84. The molecule has 0 spiro atoms. The Labute approximate surface area is 263 Å². The Bertz CT molecular complexity index is 1640. The molecule has 2 saturated heterocycles. The van der Waals surface area contributed by atoms with Crippen LogP contribution in [-0.4, -0.2) is 92.0 Å². The van der Waals surface area contributed by atoms with Crippen LogP contribution in [0.25, 0.3) is 21.8 Å². The third-order valence-electron chi connectivity index (χ3n) is 8.89. The van der Waals surface area contributed by atoms with Gasteiger partial charge in [0.15, 0.2) is 0 Å². The average molecular weight is 602 g/mol. The van der Waals surface area contributed by atoms with Crippen molar-refractivity contribution in [2.24, 2.45) is 0 Å². The molecule has 1 aromatic heterocycles. The Kier molecular flexibility index (Phi) is 8.35. The van der Waals surface area contributed by atoms with Crippen LogP contribution in [0.3, 0.4) is 0 Å². The summed E-state index contributed by atoms with van der Waals surface area (Å²) < 4.78 is 0. The molecule has 45 heavy (non-hydrogen) atoms. The van der Waals surface area contributed by atoms with Gasteiger partial charge >= 0.3 is 0 Å². The fourth-order valence-corrected chi connectivity index (χ4v) is 6.47. The Morgan fingerprint density at radius 1 is 0.533 bits per heavy atom. The molecule has 9 nitrogen and oxygen atoms in total. The van der Waals surface area contributed by atoms with Gasteiger partial charge in [0.2, 0.25) is 11.8 Å². The molecule has 3 N–H and O–H groups in total. The maximum Gasteiger partial charge on any atom is 0.238 e. The minimum Gasteiger partial charge on any atom is -0.369 e. The van der Waals surface area contributed by atoms with Crippen LogP contribution < -0.4 is 20.4 Å². The van der Waals surface area contributed by atoms with Gasteiger partial charge in [-0.15, -0.1) is 0 Å². The second-order valence-electron chi connectivity index (χ2n) is 11.9. The van der Waals surface area contributed by atoms with Gasteiger partial charge in [-0.25, -0.2) is 0 Å². The summed E-state index contributed by atoms with van der Waals surface area (Å²) in [4.78, 5) is 38.5. The Morgan fingerprint density at radius 2 is 0.933 bits per heavy atom. The number of fused-ring (bicyclic) bond motifs is 3. The largest absolute Gasteiger partial charge is 0.369 e. The molecular formula is C36H39N7O2. The number of nitrogens with zero attached hydrogens (tertiary/aromatic N) is 4. The van der Waals surface area contributed by atoms with E-state index in [9.17, 15) is 9.59 Å². The molecule has 0 saturated carbocycles. The molecule has 2 amide bonds. The minimum absolute atomic E-state index is 0.0140. The molecule has 0 radical (unpaired) electrons. The number of rotatable bonds is 8. The molecule has 2 aliphatic heterocycles. The van der Waals surface area contributed by atoms with E-state index in [-0.39, 0.29) is 11.8 Å². The number of aromatic amines is 1. The van der Waals surface area contributed by atoms with E-state index in [1.165, 1.54) is 11.4 Å². The van der Waals surface area contributed by atoms with Gasteiger partial charge in [0.25, 0.3) is 0 Å². The van der Waals surface area contributed by atoms with Crippen molar-refractivity contribution in [1.29, 1.82) is 0 Å². The van der Waals surface area contributed by atoms with Crippen LogP contribution >= 0.6 is 0 Å². The monoisotopic (exact) mass is 601 g/mol. The lowest BCUT2D eigenvalue weighted by Crippen LogP contribution is -2.48. The van der Waals surface area contributed by atoms with E-state index in [0.717, 1.165) is 85.5 Å². The minimum atomic E-state index is -0.0140.